The summed E-state index contributed by atoms with van der Waals surface area (Å²) in [5, 5.41) is 0. The Balaban J connectivity index is 2.74. The Bertz CT molecular complexity index is 386. The lowest BCUT2D eigenvalue weighted by molar-refractivity contribution is 0.599. The second-order valence-corrected chi connectivity index (χ2v) is 5.26. The first-order chi connectivity index (χ1) is 6.51. The van der Waals surface area contributed by atoms with E-state index in [1.807, 2.05) is 0 Å². The van der Waals surface area contributed by atoms with Crippen LogP contribution in [0, 0.1) is 0 Å². The van der Waals surface area contributed by atoms with Crippen molar-refractivity contribution in [3.05, 3.63) is 23.8 Å². The summed E-state index contributed by atoms with van der Waals surface area (Å²) in [4.78, 5) is 7.87. The summed E-state index contributed by atoms with van der Waals surface area (Å²) in [5.41, 5.74) is 6.27. The zero-order chi connectivity index (χ0) is 10.6. The third kappa shape index (κ3) is 3.80. The smallest absolute Gasteiger partial charge is 0.154 e. The lowest BCUT2D eigenvalue weighted by Gasteiger charge is -1.99. The van der Waals surface area contributed by atoms with E-state index in [1.165, 1.54) is 0 Å². The van der Waals surface area contributed by atoms with E-state index in [9.17, 15) is 8.42 Å². The third-order valence-corrected chi connectivity index (χ3v) is 2.37. The zero-order valence-electron chi connectivity index (χ0n) is 7.97. The van der Waals surface area contributed by atoms with Crippen LogP contribution in [0.15, 0.2) is 12.4 Å². The minimum absolute atomic E-state index is 0.115. The van der Waals surface area contributed by atoms with Crippen molar-refractivity contribution in [2.75, 3.05) is 12.8 Å². The molecule has 0 saturated heterocycles. The molecule has 0 aliphatic carbocycles. The van der Waals surface area contributed by atoms with Crippen molar-refractivity contribution in [2.45, 2.75) is 12.2 Å². The lowest BCUT2D eigenvalue weighted by atomic mass is 10.2. The Labute approximate surface area is 83.3 Å². The van der Waals surface area contributed by atoms with Crippen molar-refractivity contribution in [2.24, 2.45) is 5.73 Å². The van der Waals surface area contributed by atoms with Crippen LogP contribution in [0.4, 0.5) is 0 Å². The van der Waals surface area contributed by atoms with Gasteiger partial charge in [-0.05, 0) is 18.5 Å². The maximum absolute atomic E-state index is 10.9. The molecule has 0 fully saturated rings. The Kier molecular flexibility index (Phi) is 3.54. The summed E-state index contributed by atoms with van der Waals surface area (Å²) < 4.78 is 21.8. The highest BCUT2D eigenvalue weighted by molar-refractivity contribution is 7.89. The maximum Gasteiger partial charge on any atom is 0.154 e. The molecule has 0 saturated carbocycles. The standard InChI is InChI=1S/C8H13N3O2S/c1-14(12,13)6-8-10-4-7(2-3-9)5-11-8/h4-5H,2-3,6,9H2,1H3. The van der Waals surface area contributed by atoms with Gasteiger partial charge >= 0.3 is 0 Å². The molecule has 0 aromatic carbocycles. The van der Waals surface area contributed by atoms with E-state index < -0.39 is 9.84 Å². The summed E-state index contributed by atoms with van der Waals surface area (Å²) in [6, 6.07) is 0. The molecule has 1 aromatic rings. The molecule has 78 valence electrons. The van der Waals surface area contributed by atoms with Crippen LogP contribution in [-0.4, -0.2) is 31.2 Å². The fourth-order valence-corrected chi connectivity index (χ4v) is 1.60. The quantitative estimate of drug-likeness (QED) is 0.733. The van der Waals surface area contributed by atoms with Gasteiger partial charge in [0, 0.05) is 18.6 Å². The molecule has 2 N–H and O–H groups in total. The lowest BCUT2D eigenvalue weighted by Crippen LogP contribution is -2.07. The molecular weight excluding hydrogens is 202 g/mol. The molecule has 1 aromatic heterocycles. The van der Waals surface area contributed by atoms with Crippen LogP contribution >= 0.6 is 0 Å². The molecule has 0 radical (unpaired) electrons. The molecule has 5 nitrogen and oxygen atoms in total. The van der Waals surface area contributed by atoms with E-state index in [-0.39, 0.29) is 5.75 Å². The first kappa shape index (κ1) is 11.1. The molecule has 14 heavy (non-hydrogen) atoms. The van der Waals surface area contributed by atoms with Crippen molar-refractivity contribution in [1.29, 1.82) is 0 Å². The summed E-state index contributed by atoms with van der Waals surface area (Å²) >= 11 is 0. The summed E-state index contributed by atoms with van der Waals surface area (Å²) in [6.45, 7) is 0.536. The normalized spacial score (nSPS) is 11.6. The van der Waals surface area contributed by atoms with Gasteiger partial charge in [-0.2, -0.15) is 0 Å². The van der Waals surface area contributed by atoms with E-state index in [1.54, 1.807) is 12.4 Å². The minimum atomic E-state index is -3.05. The van der Waals surface area contributed by atoms with Gasteiger partial charge in [-0.1, -0.05) is 0 Å². The fourth-order valence-electron chi connectivity index (χ4n) is 0.986. The Morgan fingerprint density at radius 2 is 1.93 bits per heavy atom. The molecular formula is C8H13N3O2S. The second kappa shape index (κ2) is 4.47. The van der Waals surface area contributed by atoms with Crippen molar-refractivity contribution in [3.63, 3.8) is 0 Å². The first-order valence-electron chi connectivity index (χ1n) is 4.19. The van der Waals surface area contributed by atoms with Gasteiger partial charge in [0.25, 0.3) is 0 Å². The van der Waals surface area contributed by atoms with E-state index in [0.29, 0.717) is 18.8 Å². The maximum atomic E-state index is 10.9. The second-order valence-electron chi connectivity index (χ2n) is 3.12. The molecule has 0 aliphatic rings. The van der Waals surface area contributed by atoms with Gasteiger partial charge in [-0.25, -0.2) is 18.4 Å². The van der Waals surface area contributed by atoms with Crippen LogP contribution in [-0.2, 0) is 22.0 Å². The van der Waals surface area contributed by atoms with Gasteiger partial charge in [0.05, 0.1) is 0 Å². The van der Waals surface area contributed by atoms with Crippen molar-refractivity contribution in [3.8, 4) is 0 Å². The largest absolute Gasteiger partial charge is 0.330 e. The molecule has 0 bridgehead atoms. The predicted molar refractivity (Wildman–Crippen MR) is 53.3 cm³/mol. The highest BCUT2D eigenvalue weighted by atomic mass is 32.2. The molecule has 1 rings (SSSR count). The number of hydrogen-bond donors (Lipinski definition) is 1. The number of aromatic nitrogens is 2. The van der Waals surface area contributed by atoms with Crippen LogP contribution in [0.5, 0.6) is 0 Å². The molecule has 0 atom stereocenters. The molecule has 0 unspecified atom stereocenters. The molecule has 0 amide bonds. The van der Waals surface area contributed by atoms with Gasteiger partial charge < -0.3 is 5.73 Å². The van der Waals surface area contributed by atoms with Crippen molar-refractivity contribution < 1.29 is 8.42 Å². The van der Waals surface area contributed by atoms with Crippen molar-refractivity contribution >= 4 is 9.84 Å². The number of hydrogen-bond acceptors (Lipinski definition) is 5. The molecule has 0 spiro atoms. The number of nitrogens with zero attached hydrogens (tertiary/aromatic N) is 2. The average Bonchev–Trinajstić information content (AvgIpc) is 2.06. The monoisotopic (exact) mass is 215 g/mol. The fraction of sp³-hybridized carbons (Fsp3) is 0.500. The number of nitrogens with two attached hydrogens (primary N) is 1. The van der Waals surface area contributed by atoms with Crippen LogP contribution in [0.25, 0.3) is 0 Å². The van der Waals surface area contributed by atoms with Crippen molar-refractivity contribution in [1.82, 2.24) is 9.97 Å². The van der Waals surface area contributed by atoms with Crippen LogP contribution in [0.3, 0.4) is 0 Å². The molecule has 0 aliphatic heterocycles. The Morgan fingerprint density at radius 1 is 1.36 bits per heavy atom. The highest BCUT2D eigenvalue weighted by Gasteiger charge is 2.06. The topological polar surface area (TPSA) is 85.9 Å². The van der Waals surface area contributed by atoms with Crippen LogP contribution in [0.1, 0.15) is 11.4 Å². The summed E-state index contributed by atoms with van der Waals surface area (Å²) in [6.07, 6.45) is 5.09. The van der Waals surface area contributed by atoms with Gasteiger partial charge in [0.1, 0.15) is 11.6 Å². The van der Waals surface area contributed by atoms with E-state index in [2.05, 4.69) is 9.97 Å². The van der Waals surface area contributed by atoms with Crippen LogP contribution in [0.2, 0.25) is 0 Å². The van der Waals surface area contributed by atoms with Gasteiger partial charge in [0.15, 0.2) is 9.84 Å². The number of rotatable bonds is 4. The summed E-state index contributed by atoms with van der Waals surface area (Å²) in [7, 11) is -3.05. The van der Waals surface area contributed by atoms with Gasteiger partial charge in [-0.3, -0.25) is 0 Å². The third-order valence-electron chi connectivity index (χ3n) is 1.58. The predicted octanol–water partition coefficient (Wildman–Crippen LogP) is -0.478. The Hall–Kier alpha value is -1.01. The minimum Gasteiger partial charge on any atom is -0.330 e. The zero-order valence-corrected chi connectivity index (χ0v) is 8.79. The average molecular weight is 215 g/mol. The van der Waals surface area contributed by atoms with E-state index in [0.717, 1.165) is 11.8 Å². The van der Waals surface area contributed by atoms with Crippen LogP contribution < -0.4 is 5.73 Å². The number of sulfone groups is 1. The van der Waals surface area contributed by atoms with E-state index in [4.69, 9.17) is 5.73 Å². The van der Waals surface area contributed by atoms with Gasteiger partial charge in [-0.15, -0.1) is 0 Å². The molecule has 1 heterocycles. The molecule has 6 heteroatoms. The SMILES string of the molecule is CS(=O)(=O)Cc1ncc(CCN)cn1. The van der Waals surface area contributed by atoms with Gasteiger partial charge in [0.2, 0.25) is 0 Å². The first-order valence-corrected chi connectivity index (χ1v) is 6.25. The van der Waals surface area contributed by atoms with E-state index >= 15 is 0 Å². The Morgan fingerprint density at radius 3 is 2.36 bits per heavy atom. The highest BCUT2D eigenvalue weighted by Crippen LogP contribution is 2.00. The summed E-state index contributed by atoms with van der Waals surface area (Å²) in [5.74, 6) is 0.212.